The van der Waals surface area contributed by atoms with Crippen molar-refractivity contribution in [1.82, 2.24) is 45.3 Å². The lowest BCUT2D eigenvalue weighted by atomic mass is 10.0. The van der Waals surface area contributed by atoms with Crippen LogP contribution < -0.4 is 10.6 Å². The van der Waals surface area contributed by atoms with Gasteiger partial charge in [-0.3, -0.25) is 9.59 Å². The van der Waals surface area contributed by atoms with Crippen LogP contribution >= 0.6 is 0 Å². The lowest BCUT2D eigenvalue weighted by Crippen LogP contribution is -2.50. The summed E-state index contributed by atoms with van der Waals surface area (Å²) in [6.07, 6.45) is 6.04. The number of methoxy groups -OCH3 is 1. The van der Waals surface area contributed by atoms with E-state index in [0.29, 0.717) is 56.6 Å². The van der Waals surface area contributed by atoms with Gasteiger partial charge in [-0.05, 0) is 72.2 Å². The molecule has 4 unspecified atom stereocenters. The molecule has 336 valence electrons. The van der Waals surface area contributed by atoms with E-state index in [4.69, 9.17) is 14.5 Å². The van der Waals surface area contributed by atoms with Crippen LogP contribution in [0.2, 0.25) is 0 Å². The van der Waals surface area contributed by atoms with Gasteiger partial charge in [-0.15, -0.1) is 0 Å². The molecular weight excluding hydrogens is 835 g/mol. The van der Waals surface area contributed by atoms with Crippen LogP contribution in [-0.4, -0.2) is 105 Å². The van der Waals surface area contributed by atoms with Gasteiger partial charge in [0.2, 0.25) is 5.91 Å². The van der Waals surface area contributed by atoms with E-state index in [1.807, 2.05) is 114 Å². The van der Waals surface area contributed by atoms with Crippen molar-refractivity contribution < 1.29 is 28.7 Å². The number of aromatic nitrogens is 4. The van der Waals surface area contributed by atoms with Crippen molar-refractivity contribution in [1.29, 1.82) is 0 Å². The number of carbonyl (C=O) groups is 4. The first-order valence-electron chi connectivity index (χ1n) is 22.3. The second-order valence-corrected chi connectivity index (χ2v) is 16.5. The zero-order valence-electron chi connectivity index (χ0n) is 36.6. The number of nitrogens with one attached hydrogen (secondary N) is 4. The van der Waals surface area contributed by atoms with Crippen LogP contribution in [0.4, 0.5) is 9.59 Å². The van der Waals surface area contributed by atoms with Crippen molar-refractivity contribution in [2.75, 3.05) is 46.5 Å². The molecule has 6 aromatic rings. The van der Waals surface area contributed by atoms with Crippen molar-refractivity contribution in [3.05, 3.63) is 155 Å². The highest BCUT2D eigenvalue weighted by atomic mass is 16.5. The topological polar surface area (TPSA) is 178 Å². The predicted molar refractivity (Wildman–Crippen MR) is 246 cm³/mol. The Morgan fingerprint density at radius 3 is 1.55 bits per heavy atom. The van der Waals surface area contributed by atoms with Gasteiger partial charge in [-0.25, -0.2) is 19.6 Å². The van der Waals surface area contributed by atoms with E-state index in [1.165, 1.54) is 7.11 Å². The molecule has 3 fully saturated rings. The fourth-order valence-corrected chi connectivity index (χ4v) is 8.90. The van der Waals surface area contributed by atoms with E-state index >= 15 is 0 Å². The van der Waals surface area contributed by atoms with Gasteiger partial charge in [0, 0.05) is 37.3 Å². The third kappa shape index (κ3) is 9.69. The van der Waals surface area contributed by atoms with Crippen molar-refractivity contribution in [2.24, 2.45) is 0 Å². The summed E-state index contributed by atoms with van der Waals surface area (Å²) in [5, 5.41) is 5.73. The second-order valence-electron chi connectivity index (χ2n) is 16.5. The van der Waals surface area contributed by atoms with Crippen molar-refractivity contribution in [3.8, 4) is 34.4 Å². The van der Waals surface area contributed by atoms with Gasteiger partial charge in [0.25, 0.3) is 5.91 Å². The Hall–Kier alpha value is -7.70. The summed E-state index contributed by atoms with van der Waals surface area (Å²) in [4.78, 5) is 75.3. The van der Waals surface area contributed by atoms with Gasteiger partial charge in [-0.2, -0.15) is 0 Å². The van der Waals surface area contributed by atoms with E-state index in [0.717, 1.165) is 64.9 Å². The van der Waals surface area contributed by atoms with Gasteiger partial charge >= 0.3 is 12.1 Å². The summed E-state index contributed by atoms with van der Waals surface area (Å²) in [5.41, 5.74) is 6.64. The fourth-order valence-electron chi connectivity index (χ4n) is 8.90. The number of carbonyl (C=O) groups excluding carboxylic acids is 4. The van der Waals surface area contributed by atoms with Crippen molar-refractivity contribution >= 4 is 23.9 Å². The standard InChI is InChI=1S/C51H51N9O6/c1-65-51(64)57-45(39-12-6-3-7-13-39)49(62)60-27-9-15-43(60)47-53-33-41(55-47)37-24-20-35(21-25-37)17-16-34-18-22-36(23-19-34)40-32-52-46(54-40)42-14-8-26-59(42)48(61)44(38-10-4-2-5-11-38)56-50(63)58-28-30-66-31-29-58/h2-7,10-13,18-25,32-33,42-45H,8-9,14-15,26-31H2,1H3,(H,52,54)(H,53,55)(H,56,63)(H,57,64). The van der Waals surface area contributed by atoms with Crippen LogP contribution in [0.15, 0.2) is 122 Å². The molecule has 4 N–H and O–H groups in total. The number of morpholine rings is 1. The van der Waals surface area contributed by atoms with E-state index in [1.54, 1.807) is 22.2 Å². The molecule has 0 radical (unpaired) electrons. The zero-order chi connectivity index (χ0) is 45.4. The minimum Gasteiger partial charge on any atom is -0.453 e. The summed E-state index contributed by atoms with van der Waals surface area (Å²) in [7, 11) is 1.28. The van der Waals surface area contributed by atoms with Gasteiger partial charge in [0.05, 0.1) is 56.2 Å². The minimum atomic E-state index is -0.886. The quantitative estimate of drug-likeness (QED) is 0.106. The molecule has 3 aliphatic rings. The molecule has 0 saturated carbocycles. The van der Waals surface area contributed by atoms with Crippen LogP contribution in [0.1, 0.15) is 83.8 Å². The van der Waals surface area contributed by atoms with E-state index < -0.39 is 18.2 Å². The molecule has 0 aliphatic carbocycles. The number of hydrogen-bond donors (Lipinski definition) is 4. The Morgan fingerprint density at radius 2 is 1.09 bits per heavy atom. The zero-order valence-corrected chi connectivity index (χ0v) is 36.6. The molecule has 3 saturated heterocycles. The molecule has 5 amide bonds. The van der Waals surface area contributed by atoms with Crippen LogP contribution in [0.5, 0.6) is 0 Å². The number of nitrogens with zero attached hydrogens (tertiary/aromatic N) is 5. The average Bonchev–Trinajstić information content (AvgIpc) is 4.23. The smallest absolute Gasteiger partial charge is 0.407 e. The number of imidazole rings is 2. The van der Waals surface area contributed by atoms with Gasteiger partial charge < -0.3 is 44.8 Å². The Bertz CT molecular complexity index is 2700. The van der Waals surface area contributed by atoms with Crippen molar-refractivity contribution in [3.63, 3.8) is 0 Å². The fraction of sp³-hybridized carbons (Fsp3) is 0.294. The SMILES string of the molecule is COC(=O)NC(C(=O)N1CCCC1c1ncc(-c2ccc(C#Cc3ccc(-c4cnc(C5CCCN5C(=O)C(NC(=O)N5CCOCC5)c5ccccc5)[nH]4)cc3)cc2)[nH]1)c1ccccc1. The molecule has 9 rings (SSSR count). The summed E-state index contributed by atoms with van der Waals surface area (Å²) in [6.45, 7) is 3.01. The number of hydrogen-bond acceptors (Lipinski definition) is 8. The summed E-state index contributed by atoms with van der Waals surface area (Å²) < 4.78 is 10.2. The average molecular weight is 886 g/mol. The second kappa shape index (κ2) is 20.0. The molecular formula is C51H51N9O6. The van der Waals surface area contributed by atoms with Crippen LogP contribution in [0.25, 0.3) is 22.5 Å². The van der Waals surface area contributed by atoms with Crippen molar-refractivity contribution in [2.45, 2.75) is 49.9 Å². The van der Waals surface area contributed by atoms with E-state index in [9.17, 15) is 19.2 Å². The molecule has 2 aromatic heterocycles. The molecule has 5 heterocycles. The summed E-state index contributed by atoms with van der Waals surface area (Å²) >= 11 is 0. The number of urea groups is 1. The number of alkyl carbamates (subject to hydrolysis) is 1. The molecule has 15 heteroatoms. The first-order chi connectivity index (χ1) is 32.3. The molecule has 66 heavy (non-hydrogen) atoms. The van der Waals surface area contributed by atoms with Gasteiger partial charge in [-0.1, -0.05) is 96.8 Å². The Kier molecular flexibility index (Phi) is 13.2. The maximum Gasteiger partial charge on any atom is 0.407 e. The predicted octanol–water partition coefficient (Wildman–Crippen LogP) is 7.07. The van der Waals surface area contributed by atoms with Gasteiger partial charge in [0.1, 0.15) is 23.7 Å². The Labute approximate surface area is 382 Å². The van der Waals surface area contributed by atoms with E-state index in [2.05, 4.69) is 37.4 Å². The highest BCUT2D eigenvalue weighted by Crippen LogP contribution is 2.36. The number of aromatic amines is 2. The monoisotopic (exact) mass is 885 g/mol. The number of H-pyrrole nitrogens is 2. The normalized spacial score (nSPS) is 17.9. The number of likely N-dealkylation sites (tertiary alicyclic amines) is 2. The minimum absolute atomic E-state index is 0.164. The molecule has 4 aromatic carbocycles. The molecule has 3 aliphatic heterocycles. The number of benzene rings is 4. The molecule has 15 nitrogen and oxygen atoms in total. The van der Waals surface area contributed by atoms with Crippen LogP contribution in [-0.2, 0) is 19.1 Å². The number of amides is 5. The maximum atomic E-state index is 14.3. The van der Waals surface area contributed by atoms with Gasteiger partial charge in [0.15, 0.2) is 0 Å². The Balaban J connectivity index is 0.829. The third-order valence-electron chi connectivity index (χ3n) is 12.4. The van der Waals surface area contributed by atoms with Crippen LogP contribution in [0, 0.1) is 11.8 Å². The molecule has 0 spiro atoms. The first kappa shape index (κ1) is 43.5. The Morgan fingerprint density at radius 1 is 0.636 bits per heavy atom. The molecule has 0 bridgehead atoms. The summed E-state index contributed by atoms with van der Waals surface area (Å²) in [6, 6.07) is 31.9. The number of rotatable bonds is 10. The maximum absolute atomic E-state index is 14.3. The summed E-state index contributed by atoms with van der Waals surface area (Å²) in [5.74, 6) is 7.55. The highest BCUT2D eigenvalue weighted by Gasteiger charge is 2.39. The first-order valence-corrected chi connectivity index (χ1v) is 22.3. The lowest BCUT2D eigenvalue weighted by Gasteiger charge is -2.32. The lowest BCUT2D eigenvalue weighted by molar-refractivity contribution is -0.135. The van der Waals surface area contributed by atoms with Crippen LogP contribution in [0.3, 0.4) is 0 Å². The molecule has 4 atom stereocenters. The third-order valence-corrected chi connectivity index (χ3v) is 12.4. The van der Waals surface area contributed by atoms with E-state index in [-0.39, 0.29) is 29.9 Å². The largest absolute Gasteiger partial charge is 0.453 e. The number of ether oxygens (including phenoxy) is 2. The highest BCUT2D eigenvalue weighted by molar-refractivity contribution is 5.89.